The molecule has 2 aromatic rings. The van der Waals surface area contributed by atoms with Crippen molar-refractivity contribution >= 4 is 18.4 Å². The molecule has 0 saturated carbocycles. The van der Waals surface area contributed by atoms with Crippen molar-refractivity contribution in [2.24, 2.45) is 0 Å². The molecule has 0 aliphatic heterocycles. The highest BCUT2D eigenvalue weighted by molar-refractivity contribution is 5.79. The third kappa shape index (κ3) is 3.06. The predicted octanol–water partition coefficient (Wildman–Crippen LogP) is 2.92. The highest BCUT2D eigenvalue weighted by Crippen LogP contribution is 2.23. The van der Waals surface area contributed by atoms with E-state index in [0.717, 1.165) is 5.56 Å². The number of rotatable bonds is 4. The van der Waals surface area contributed by atoms with Gasteiger partial charge in [-0.2, -0.15) is 0 Å². The van der Waals surface area contributed by atoms with E-state index >= 15 is 0 Å². The van der Waals surface area contributed by atoms with Crippen LogP contribution in [0.4, 0.5) is 4.39 Å². The summed E-state index contributed by atoms with van der Waals surface area (Å²) in [5.74, 6) is 0.190. The van der Waals surface area contributed by atoms with E-state index in [1.54, 1.807) is 31.5 Å². The van der Waals surface area contributed by atoms with Gasteiger partial charge in [0.2, 0.25) is 0 Å². The fourth-order valence-corrected chi connectivity index (χ4v) is 1.65. The number of aldehydes is 1. The van der Waals surface area contributed by atoms with E-state index in [0.29, 0.717) is 17.7 Å². The molecule has 0 saturated heterocycles. The molecular weight excluding hydrogens is 259 g/mol. The Morgan fingerprint density at radius 2 is 1.85 bits per heavy atom. The van der Waals surface area contributed by atoms with Crippen LogP contribution in [0.5, 0.6) is 5.75 Å². The molecule has 2 rings (SSSR count). The zero-order chi connectivity index (χ0) is 14.5. The van der Waals surface area contributed by atoms with E-state index in [4.69, 9.17) is 4.74 Å². The topological polar surface area (TPSA) is 52.1 Å². The van der Waals surface area contributed by atoms with Gasteiger partial charge in [0.25, 0.3) is 0 Å². The smallest absolute Gasteiger partial charge is 0.172 e. The van der Waals surface area contributed by atoms with Crippen LogP contribution in [0.15, 0.2) is 24.5 Å². The minimum Gasteiger partial charge on any atom is -0.494 e. The van der Waals surface area contributed by atoms with Crippen LogP contribution in [-0.2, 0) is 0 Å². The van der Waals surface area contributed by atoms with Crippen molar-refractivity contribution in [1.82, 2.24) is 9.97 Å². The lowest BCUT2D eigenvalue weighted by Gasteiger charge is -2.05. The first-order chi connectivity index (χ1) is 9.63. The lowest BCUT2D eigenvalue weighted by molar-refractivity contribution is 0.112. The van der Waals surface area contributed by atoms with Gasteiger partial charge in [-0.25, -0.2) is 14.4 Å². The molecule has 0 aliphatic rings. The summed E-state index contributed by atoms with van der Waals surface area (Å²) >= 11 is 0. The maximum atomic E-state index is 14.0. The van der Waals surface area contributed by atoms with Crippen LogP contribution >= 0.6 is 0 Å². The lowest BCUT2D eigenvalue weighted by atomic mass is 10.1. The summed E-state index contributed by atoms with van der Waals surface area (Å²) < 4.78 is 18.9. The van der Waals surface area contributed by atoms with Crippen molar-refractivity contribution in [3.05, 3.63) is 52.9 Å². The first-order valence-electron chi connectivity index (χ1n) is 5.93. The highest BCUT2D eigenvalue weighted by Gasteiger charge is 2.09. The zero-order valence-corrected chi connectivity index (χ0v) is 11.1. The molecule has 0 aliphatic carbocycles. The van der Waals surface area contributed by atoms with Gasteiger partial charge < -0.3 is 4.74 Å². The van der Waals surface area contributed by atoms with Crippen molar-refractivity contribution in [1.29, 1.82) is 0 Å². The average molecular weight is 272 g/mol. The molecule has 0 radical (unpaired) electrons. The van der Waals surface area contributed by atoms with Crippen LogP contribution in [0.3, 0.4) is 0 Å². The van der Waals surface area contributed by atoms with Gasteiger partial charge in [-0.1, -0.05) is 12.2 Å². The molecule has 0 fully saturated rings. The minimum absolute atomic E-state index is 0.0365. The van der Waals surface area contributed by atoms with E-state index in [1.165, 1.54) is 19.2 Å². The van der Waals surface area contributed by atoms with Gasteiger partial charge in [-0.05, 0) is 19.1 Å². The van der Waals surface area contributed by atoms with E-state index in [9.17, 15) is 9.18 Å². The number of methoxy groups -OCH3 is 1. The molecule has 1 aromatic heterocycles. The van der Waals surface area contributed by atoms with E-state index < -0.39 is 5.82 Å². The molecule has 102 valence electrons. The third-order valence-electron chi connectivity index (χ3n) is 2.70. The van der Waals surface area contributed by atoms with Crippen molar-refractivity contribution < 1.29 is 13.9 Å². The van der Waals surface area contributed by atoms with Gasteiger partial charge in [0.1, 0.15) is 12.1 Å². The Morgan fingerprint density at radius 3 is 2.45 bits per heavy atom. The molecule has 0 atom stereocenters. The monoisotopic (exact) mass is 272 g/mol. The quantitative estimate of drug-likeness (QED) is 0.803. The third-order valence-corrected chi connectivity index (χ3v) is 2.70. The van der Waals surface area contributed by atoms with Gasteiger partial charge in [-0.3, -0.25) is 4.79 Å². The molecule has 4 nitrogen and oxygen atoms in total. The van der Waals surface area contributed by atoms with E-state index in [-0.39, 0.29) is 11.3 Å². The maximum absolute atomic E-state index is 14.0. The highest BCUT2D eigenvalue weighted by atomic mass is 19.1. The average Bonchev–Trinajstić information content (AvgIpc) is 2.48. The van der Waals surface area contributed by atoms with Crippen LogP contribution < -0.4 is 4.74 Å². The molecule has 0 amide bonds. The molecular formula is C15H13FN2O2. The van der Waals surface area contributed by atoms with Crippen molar-refractivity contribution in [3.8, 4) is 5.75 Å². The minimum atomic E-state index is -0.512. The van der Waals surface area contributed by atoms with Gasteiger partial charge in [0.15, 0.2) is 11.6 Å². The van der Waals surface area contributed by atoms with Crippen LogP contribution in [-0.4, -0.2) is 23.4 Å². The number of carbonyl (C=O) groups excluding carboxylic acids is 1. The Morgan fingerprint density at radius 1 is 1.15 bits per heavy atom. The second-order valence-corrected chi connectivity index (χ2v) is 4.14. The summed E-state index contributed by atoms with van der Waals surface area (Å²) in [6, 6.07) is 2.81. The molecule has 0 spiro atoms. The normalized spacial score (nSPS) is 10.8. The van der Waals surface area contributed by atoms with Crippen molar-refractivity contribution in [2.45, 2.75) is 6.92 Å². The molecule has 1 aromatic carbocycles. The molecule has 0 bridgehead atoms. The van der Waals surface area contributed by atoms with Crippen LogP contribution in [0.1, 0.15) is 27.3 Å². The SMILES string of the molecule is COc1cc(C=O)cc(/C=C/c2cnc(C)nc2)c1F. The Kier molecular flexibility index (Phi) is 4.20. The summed E-state index contributed by atoms with van der Waals surface area (Å²) in [5, 5.41) is 0. The largest absolute Gasteiger partial charge is 0.494 e. The number of nitrogens with zero attached hydrogens (tertiary/aromatic N) is 2. The number of hydrogen-bond acceptors (Lipinski definition) is 4. The first-order valence-corrected chi connectivity index (χ1v) is 5.93. The fourth-order valence-electron chi connectivity index (χ4n) is 1.65. The maximum Gasteiger partial charge on any atom is 0.172 e. The number of hydrogen-bond donors (Lipinski definition) is 0. The second-order valence-electron chi connectivity index (χ2n) is 4.14. The van der Waals surface area contributed by atoms with E-state index in [2.05, 4.69) is 9.97 Å². The van der Waals surface area contributed by atoms with Gasteiger partial charge in [0.05, 0.1) is 7.11 Å². The van der Waals surface area contributed by atoms with Gasteiger partial charge in [0, 0.05) is 29.1 Å². The number of aryl methyl sites for hydroxylation is 1. The Labute approximate surface area is 116 Å². The van der Waals surface area contributed by atoms with Gasteiger partial charge >= 0.3 is 0 Å². The standard InChI is InChI=1S/C15H13FN2O2/c1-10-17-7-11(8-18-10)3-4-13-5-12(9-19)6-14(20-2)15(13)16/h3-9H,1-2H3/b4-3+. The van der Waals surface area contributed by atoms with E-state index in [1.807, 2.05) is 0 Å². The Hall–Kier alpha value is -2.56. The lowest BCUT2D eigenvalue weighted by Crippen LogP contribution is -1.94. The van der Waals surface area contributed by atoms with Crippen molar-refractivity contribution in [2.75, 3.05) is 7.11 Å². The number of ether oxygens (including phenoxy) is 1. The number of halogens is 1. The van der Waals surface area contributed by atoms with Crippen LogP contribution in [0.25, 0.3) is 12.2 Å². The molecule has 5 heteroatoms. The van der Waals surface area contributed by atoms with Crippen LogP contribution in [0.2, 0.25) is 0 Å². The number of benzene rings is 1. The molecule has 0 unspecified atom stereocenters. The summed E-state index contributed by atoms with van der Waals surface area (Å²) in [7, 11) is 1.36. The zero-order valence-electron chi connectivity index (χ0n) is 11.1. The molecule has 20 heavy (non-hydrogen) atoms. The van der Waals surface area contributed by atoms with Gasteiger partial charge in [-0.15, -0.1) is 0 Å². The van der Waals surface area contributed by atoms with Crippen molar-refractivity contribution in [3.63, 3.8) is 0 Å². The molecule has 0 N–H and O–H groups in total. The Balaban J connectivity index is 2.37. The summed E-state index contributed by atoms with van der Waals surface area (Å²) in [5.41, 5.74) is 1.36. The first kappa shape index (κ1) is 13.9. The summed E-state index contributed by atoms with van der Waals surface area (Å²) in [6.45, 7) is 1.78. The number of carbonyl (C=O) groups is 1. The summed E-state index contributed by atoms with van der Waals surface area (Å²) in [6.07, 6.45) is 7.15. The second kappa shape index (κ2) is 6.06. The summed E-state index contributed by atoms with van der Waals surface area (Å²) in [4.78, 5) is 18.9. The fraction of sp³-hybridized carbons (Fsp3) is 0.133. The van der Waals surface area contributed by atoms with Crippen LogP contribution in [0, 0.1) is 12.7 Å². The predicted molar refractivity (Wildman–Crippen MR) is 74.0 cm³/mol. The molecule has 1 heterocycles. The number of aromatic nitrogens is 2. The Bertz CT molecular complexity index is 652.